The topological polar surface area (TPSA) is 67.3 Å². The smallest absolute Gasteiger partial charge is 0.274 e. The highest BCUT2D eigenvalue weighted by Crippen LogP contribution is 2.43. The molecule has 1 saturated heterocycles. The van der Waals surface area contributed by atoms with Gasteiger partial charge in [-0.25, -0.2) is 8.70 Å². The number of carbonyl (C=O) groups is 1. The normalized spacial score (nSPS) is 24.6. The Morgan fingerprint density at radius 3 is 2.65 bits per heavy atom. The van der Waals surface area contributed by atoms with Crippen molar-refractivity contribution in [1.29, 1.82) is 0 Å². The third-order valence-corrected chi connectivity index (χ3v) is 4.17. The van der Waals surface area contributed by atoms with Gasteiger partial charge in [-0.05, 0) is 13.0 Å². The summed E-state index contributed by atoms with van der Waals surface area (Å²) in [5, 5.41) is 0. The van der Waals surface area contributed by atoms with E-state index in [2.05, 4.69) is 4.98 Å². The number of pyridine rings is 1. The molecule has 1 fully saturated rings. The number of hydrogen-bond donors (Lipinski definition) is 0. The highest BCUT2D eigenvalue weighted by molar-refractivity contribution is 8.12. The fourth-order valence-corrected chi connectivity index (χ4v) is 3.56. The standard InChI is InChI=1S/C9H8ClFN2O3S/c1-9(6-2-7(11)5-12-4-6)3-8(14)13(9)17(10,15)16/h2,4-5H,3H2,1H3. The summed E-state index contributed by atoms with van der Waals surface area (Å²) in [4.78, 5) is 14.9. The first kappa shape index (κ1) is 12.3. The van der Waals surface area contributed by atoms with Crippen molar-refractivity contribution in [3.63, 3.8) is 0 Å². The van der Waals surface area contributed by atoms with Crippen LogP contribution in [0.25, 0.3) is 0 Å². The highest BCUT2D eigenvalue weighted by Gasteiger charge is 2.54. The molecule has 2 rings (SSSR count). The minimum Gasteiger partial charge on any atom is -0.274 e. The van der Waals surface area contributed by atoms with Crippen molar-refractivity contribution < 1.29 is 17.6 Å². The van der Waals surface area contributed by atoms with E-state index in [1.807, 2.05) is 0 Å². The van der Waals surface area contributed by atoms with E-state index in [-0.39, 0.29) is 6.42 Å². The number of rotatable bonds is 2. The largest absolute Gasteiger partial charge is 0.324 e. The van der Waals surface area contributed by atoms with Gasteiger partial charge in [0.1, 0.15) is 5.82 Å². The van der Waals surface area contributed by atoms with Gasteiger partial charge >= 0.3 is 9.24 Å². The van der Waals surface area contributed by atoms with Crippen molar-refractivity contribution in [2.75, 3.05) is 0 Å². The van der Waals surface area contributed by atoms with E-state index < -0.39 is 26.5 Å². The quantitative estimate of drug-likeness (QED) is 0.601. The maximum Gasteiger partial charge on any atom is 0.324 e. The molecular weight excluding hydrogens is 271 g/mol. The molecule has 0 saturated carbocycles. The zero-order valence-corrected chi connectivity index (χ0v) is 10.3. The van der Waals surface area contributed by atoms with Gasteiger partial charge in [0.2, 0.25) is 5.91 Å². The Morgan fingerprint density at radius 2 is 2.18 bits per heavy atom. The van der Waals surface area contributed by atoms with Crippen LogP contribution in [0.15, 0.2) is 18.5 Å². The van der Waals surface area contributed by atoms with E-state index in [9.17, 15) is 17.6 Å². The molecule has 1 aromatic heterocycles. The van der Waals surface area contributed by atoms with Crippen molar-refractivity contribution in [2.45, 2.75) is 18.9 Å². The summed E-state index contributed by atoms with van der Waals surface area (Å²) in [6.45, 7) is 1.49. The lowest BCUT2D eigenvalue weighted by Gasteiger charge is -2.46. The Balaban J connectivity index is 2.48. The van der Waals surface area contributed by atoms with Crippen molar-refractivity contribution in [3.05, 3.63) is 29.8 Å². The van der Waals surface area contributed by atoms with Crippen LogP contribution in [-0.4, -0.2) is 23.6 Å². The van der Waals surface area contributed by atoms with Gasteiger partial charge in [0, 0.05) is 22.4 Å². The van der Waals surface area contributed by atoms with Gasteiger partial charge in [0.05, 0.1) is 18.2 Å². The third kappa shape index (κ3) is 1.89. The fraction of sp³-hybridized carbons (Fsp3) is 0.333. The summed E-state index contributed by atoms with van der Waals surface area (Å²) in [5.74, 6) is -1.22. The van der Waals surface area contributed by atoms with Crippen LogP contribution in [0.5, 0.6) is 0 Å². The molecule has 0 radical (unpaired) electrons. The number of carbonyl (C=O) groups excluding carboxylic acids is 1. The zero-order chi connectivity index (χ0) is 12.8. The molecule has 0 aliphatic carbocycles. The number of β-lactam (4-membered cyclic amide) rings is 1. The van der Waals surface area contributed by atoms with Gasteiger partial charge in [-0.1, -0.05) is 0 Å². The first-order valence-electron chi connectivity index (χ1n) is 4.64. The van der Waals surface area contributed by atoms with Crippen LogP contribution in [-0.2, 0) is 19.6 Å². The number of hydrogen-bond acceptors (Lipinski definition) is 4. The molecule has 1 aliphatic rings. The van der Waals surface area contributed by atoms with Gasteiger partial charge in [0.15, 0.2) is 0 Å². The fourth-order valence-electron chi connectivity index (χ4n) is 1.91. The van der Waals surface area contributed by atoms with Crippen LogP contribution in [0.4, 0.5) is 4.39 Å². The van der Waals surface area contributed by atoms with Crippen molar-refractivity contribution >= 4 is 25.8 Å². The van der Waals surface area contributed by atoms with Gasteiger partial charge in [-0.3, -0.25) is 9.78 Å². The Morgan fingerprint density at radius 1 is 1.53 bits per heavy atom. The van der Waals surface area contributed by atoms with Crippen molar-refractivity contribution in [1.82, 2.24) is 9.29 Å². The minimum atomic E-state index is -4.18. The van der Waals surface area contributed by atoms with Crippen LogP contribution in [0, 0.1) is 5.82 Å². The van der Waals surface area contributed by atoms with Crippen LogP contribution >= 0.6 is 10.7 Å². The number of halogens is 2. The van der Waals surface area contributed by atoms with Crippen LogP contribution in [0.1, 0.15) is 18.9 Å². The van der Waals surface area contributed by atoms with Crippen LogP contribution < -0.4 is 0 Å². The molecule has 0 spiro atoms. The average Bonchev–Trinajstić information content (AvgIpc) is 2.13. The van der Waals surface area contributed by atoms with Crippen LogP contribution in [0.3, 0.4) is 0 Å². The van der Waals surface area contributed by atoms with E-state index >= 15 is 0 Å². The third-order valence-electron chi connectivity index (χ3n) is 2.72. The molecule has 1 amide bonds. The zero-order valence-electron chi connectivity index (χ0n) is 8.72. The molecule has 2 heterocycles. The minimum absolute atomic E-state index is 0.0515. The van der Waals surface area contributed by atoms with Gasteiger partial charge in [0.25, 0.3) is 0 Å². The summed E-state index contributed by atoms with van der Waals surface area (Å²) >= 11 is 0. The Labute approximate surface area is 102 Å². The number of nitrogens with zero attached hydrogens (tertiary/aromatic N) is 2. The lowest BCUT2D eigenvalue weighted by Crippen LogP contribution is -2.60. The van der Waals surface area contributed by atoms with Gasteiger partial charge in [-0.2, -0.15) is 8.42 Å². The lowest BCUT2D eigenvalue weighted by molar-refractivity contribution is -0.144. The molecule has 0 aromatic carbocycles. The Kier molecular flexibility index (Phi) is 2.62. The van der Waals surface area contributed by atoms with Gasteiger partial charge < -0.3 is 0 Å². The van der Waals surface area contributed by atoms with Gasteiger partial charge in [-0.15, -0.1) is 0 Å². The molecule has 0 bridgehead atoms. The van der Waals surface area contributed by atoms with E-state index in [0.29, 0.717) is 9.87 Å². The van der Waals surface area contributed by atoms with E-state index in [4.69, 9.17) is 10.7 Å². The molecule has 17 heavy (non-hydrogen) atoms. The second-order valence-corrected chi connectivity index (χ2v) is 6.30. The maximum absolute atomic E-state index is 13.0. The summed E-state index contributed by atoms with van der Waals surface area (Å²) in [5.41, 5.74) is -0.867. The molecule has 1 atom stereocenters. The molecule has 92 valence electrons. The van der Waals surface area contributed by atoms with E-state index in [0.717, 1.165) is 12.3 Å². The summed E-state index contributed by atoms with van der Waals surface area (Å²) in [6, 6.07) is 1.13. The summed E-state index contributed by atoms with van der Waals surface area (Å²) in [6.07, 6.45) is 2.25. The molecule has 5 nitrogen and oxygen atoms in total. The first-order valence-corrected chi connectivity index (χ1v) is 6.90. The molecule has 1 aliphatic heterocycles. The molecule has 0 N–H and O–H groups in total. The summed E-state index contributed by atoms with van der Waals surface area (Å²) < 4.78 is 36.1. The lowest BCUT2D eigenvalue weighted by atomic mass is 9.83. The van der Waals surface area contributed by atoms with E-state index in [1.165, 1.54) is 13.1 Å². The van der Waals surface area contributed by atoms with Crippen molar-refractivity contribution in [2.24, 2.45) is 0 Å². The molecule has 1 aromatic rings. The number of amides is 1. The van der Waals surface area contributed by atoms with E-state index in [1.54, 1.807) is 0 Å². The maximum atomic E-state index is 13.0. The average molecular weight is 279 g/mol. The molecule has 8 heteroatoms. The Bertz CT molecular complexity index is 592. The highest BCUT2D eigenvalue weighted by atomic mass is 35.7. The second-order valence-electron chi connectivity index (χ2n) is 3.94. The number of aromatic nitrogens is 1. The first-order chi connectivity index (χ1) is 7.75. The van der Waals surface area contributed by atoms with Crippen LogP contribution in [0.2, 0.25) is 0 Å². The predicted octanol–water partition coefficient (Wildman–Crippen LogP) is 1.15. The predicted molar refractivity (Wildman–Crippen MR) is 57.8 cm³/mol. The summed E-state index contributed by atoms with van der Waals surface area (Å²) in [7, 11) is 0.989. The molecular formula is C9H8ClFN2O3S. The monoisotopic (exact) mass is 278 g/mol. The van der Waals surface area contributed by atoms with Crippen molar-refractivity contribution in [3.8, 4) is 0 Å². The SMILES string of the molecule is CC1(c2cncc(F)c2)CC(=O)N1S(=O)(=O)Cl. The molecule has 1 unspecified atom stereocenters. The second kappa shape index (κ2) is 3.64. The Hall–Kier alpha value is -1.21.